The Kier molecular flexibility index (Phi) is 6.73. The maximum absolute atomic E-state index is 12.6. The number of nitrogens with one attached hydrogen (secondary N) is 1. The summed E-state index contributed by atoms with van der Waals surface area (Å²) in [5.41, 5.74) is 1.29. The van der Waals surface area contributed by atoms with Gasteiger partial charge in [0.05, 0.1) is 11.9 Å². The molecule has 170 valence electrons. The highest BCUT2D eigenvalue weighted by Crippen LogP contribution is 2.58. The Labute approximate surface area is 186 Å². The van der Waals surface area contributed by atoms with Crippen molar-refractivity contribution in [2.45, 2.75) is 19.0 Å². The Bertz CT molecular complexity index is 1000. The van der Waals surface area contributed by atoms with E-state index in [1.165, 1.54) is 0 Å². The van der Waals surface area contributed by atoms with Gasteiger partial charge in [0.2, 0.25) is 5.91 Å². The summed E-state index contributed by atoms with van der Waals surface area (Å²) in [6.07, 6.45) is -0.0651. The van der Waals surface area contributed by atoms with E-state index >= 15 is 0 Å². The molecule has 1 saturated heterocycles. The smallest absolute Gasteiger partial charge is 0.475 e. The summed E-state index contributed by atoms with van der Waals surface area (Å²) < 4.78 is 31.7. The Balaban J connectivity index is 0.000000360. The van der Waals surface area contributed by atoms with Gasteiger partial charge in [-0.05, 0) is 49.2 Å². The Morgan fingerprint density at radius 3 is 2.41 bits per heavy atom. The van der Waals surface area contributed by atoms with Crippen LogP contribution in [-0.2, 0) is 9.59 Å². The van der Waals surface area contributed by atoms with Gasteiger partial charge in [-0.2, -0.15) is 13.2 Å². The van der Waals surface area contributed by atoms with Crippen molar-refractivity contribution in [3.63, 3.8) is 0 Å². The van der Waals surface area contributed by atoms with Gasteiger partial charge in [0.1, 0.15) is 0 Å². The number of carbonyl (C=O) groups is 3. The third-order valence-corrected chi connectivity index (χ3v) is 5.69. The monoisotopic (exact) mass is 469 g/mol. The molecule has 1 spiro atoms. The van der Waals surface area contributed by atoms with Crippen LogP contribution in [0.15, 0.2) is 48.8 Å². The number of nitrogens with zero attached hydrogens (tertiary/aromatic N) is 2. The first-order chi connectivity index (χ1) is 15.0. The van der Waals surface area contributed by atoms with E-state index in [9.17, 15) is 22.8 Å². The predicted molar refractivity (Wildman–Crippen MR) is 109 cm³/mol. The molecule has 2 heterocycles. The molecular weight excluding hydrogens is 451 g/mol. The number of benzene rings is 1. The molecule has 2 atom stereocenters. The number of carboxylic acid groups (broad SMARTS) is 1. The van der Waals surface area contributed by atoms with Crippen LogP contribution in [0.2, 0.25) is 5.02 Å². The summed E-state index contributed by atoms with van der Waals surface area (Å²) in [5.74, 6) is -2.76. The highest BCUT2D eigenvalue weighted by molar-refractivity contribution is 6.30. The molecule has 1 aromatic heterocycles. The summed E-state index contributed by atoms with van der Waals surface area (Å²) in [7, 11) is 0. The second kappa shape index (κ2) is 9.15. The van der Waals surface area contributed by atoms with Crippen molar-refractivity contribution < 1.29 is 32.7 Å². The summed E-state index contributed by atoms with van der Waals surface area (Å²) in [6, 6.07) is 10.6. The molecule has 2 aliphatic rings. The molecule has 4 rings (SSSR count). The average molecular weight is 470 g/mol. The molecule has 0 radical (unpaired) electrons. The molecule has 1 saturated carbocycles. The van der Waals surface area contributed by atoms with Gasteiger partial charge in [0.15, 0.2) is 0 Å². The summed E-state index contributed by atoms with van der Waals surface area (Å²) in [6.45, 7) is 1.33. The number of aliphatic carboxylic acids is 1. The van der Waals surface area contributed by atoms with E-state index in [2.05, 4.69) is 10.3 Å². The molecule has 2 amide bonds. The standard InChI is InChI=1S/C19H18ClN3O2.C2HF3O2/c20-14-5-3-13(4-6-14)18(25)23-9-7-19(12-23)10-16(19)17(24)22-15-2-1-8-21-11-15;3-2(4,5)1(6)7/h1-6,8,11,16H,7,9-10,12H2,(H,22,24);(H,6,7). The summed E-state index contributed by atoms with van der Waals surface area (Å²) in [5, 5.41) is 10.7. The fraction of sp³-hybridized carbons (Fsp3) is 0.333. The van der Waals surface area contributed by atoms with E-state index in [0.717, 1.165) is 12.8 Å². The van der Waals surface area contributed by atoms with Crippen LogP contribution in [0.3, 0.4) is 0 Å². The first kappa shape index (κ1) is 23.5. The number of likely N-dealkylation sites (tertiary alicyclic amines) is 1. The topological polar surface area (TPSA) is 99.6 Å². The third-order valence-electron chi connectivity index (χ3n) is 5.44. The van der Waals surface area contributed by atoms with Crippen LogP contribution in [-0.4, -0.2) is 52.0 Å². The van der Waals surface area contributed by atoms with Crippen molar-refractivity contribution in [1.29, 1.82) is 0 Å². The van der Waals surface area contributed by atoms with Crippen LogP contribution in [0.1, 0.15) is 23.2 Å². The Morgan fingerprint density at radius 1 is 1.19 bits per heavy atom. The van der Waals surface area contributed by atoms with E-state index in [1.807, 2.05) is 11.0 Å². The minimum absolute atomic E-state index is 0.00635. The van der Waals surface area contributed by atoms with Crippen molar-refractivity contribution in [3.05, 3.63) is 59.4 Å². The zero-order valence-electron chi connectivity index (χ0n) is 16.6. The fourth-order valence-corrected chi connectivity index (χ4v) is 3.81. The van der Waals surface area contributed by atoms with E-state index in [0.29, 0.717) is 29.4 Å². The number of rotatable bonds is 3. The quantitative estimate of drug-likeness (QED) is 0.711. The van der Waals surface area contributed by atoms with Crippen molar-refractivity contribution in [2.24, 2.45) is 11.3 Å². The van der Waals surface area contributed by atoms with Crippen molar-refractivity contribution in [1.82, 2.24) is 9.88 Å². The molecular formula is C21H19ClF3N3O4. The van der Waals surface area contributed by atoms with Gasteiger partial charge in [-0.15, -0.1) is 0 Å². The molecule has 2 unspecified atom stereocenters. The lowest BCUT2D eigenvalue weighted by atomic mass is 10.0. The number of alkyl halides is 3. The van der Waals surface area contributed by atoms with Crippen molar-refractivity contribution in [2.75, 3.05) is 18.4 Å². The number of hydrogen-bond acceptors (Lipinski definition) is 4. The van der Waals surface area contributed by atoms with Gasteiger partial charge in [-0.1, -0.05) is 11.6 Å². The normalized spacial score (nSPS) is 21.5. The molecule has 1 aromatic carbocycles. The molecule has 2 aromatic rings. The molecule has 7 nitrogen and oxygen atoms in total. The van der Waals surface area contributed by atoms with Gasteiger partial charge < -0.3 is 15.3 Å². The zero-order valence-corrected chi connectivity index (χ0v) is 17.4. The van der Waals surface area contributed by atoms with Gasteiger partial charge in [0.25, 0.3) is 5.91 Å². The number of carbonyl (C=O) groups excluding carboxylic acids is 2. The number of hydrogen-bond donors (Lipinski definition) is 2. The molecule has 11 heteroatoms. The first-order valence-corrected chi connectivity index (χ1v) is 9.95. The predicted octanol–water partition coefficient (Wildman–Crippen LogP) is 3.86. The van der Waals surface area contributed by atoms with Crippen molar-refractivity contribution >= 4 is 35.1 Å². The largest absolute Gasteiger partial charge is 0.490 e. The third kappa shape index (κ3) is 5.56. The maximum Gasteiger partial charge on any atom is 0.490 e. The molecule has 32 heavy (non-hydrogen) atoms. The number of aromatic nitrogens is 1. The number of pyridine rings is 1. The van der Waals surface area contributed by atoms with Crippen LogP contribution >= 0.6 is 11.6 Å². The maximum atomic E-state index is 12.6. The average Bonchev–Trinajstić information content (AvgIpc) is 3.28. The van der Waals surface area contributed by atoms with Gasteiger partial charge in [-0.25, -0.2) is 4.79 Å². The van der Waals surface area contributed by atoms with Crippen LogP contribution in [0.25, 0.3) is 0 Å². The minimum atomic E-state index is -5.08. The highest BCUT2D eigenvalue weighted by Gasteiger charge is 2.61. The van der Waals surface area contributed by atoms with E-state index < -0.39 is 12.1 Å². The second-order valence-electron chi connectivity index (χ2n) is 7.64. The molecule has 0 bridgehead atoms. The second-order valence-corrected chi connectivity index (χ2v) is 8.07. The van der Waals surface area contributed by atoms with Crippen molar-refractivity contribution in [3.8, 4) is 0 Å². The molecule has 2 fully saturated rings. The Morgan fingerprint density at radius 2 is 1.84 bits per heavy atom. The molecule has 2 N–H and O–H groups in total. The van der Waals surface area contributed by atoms with Gasteiger partial charge in [0, 0.05) is 41.2 Å². The van der Waals surface area contributed by atoms with Gasteiger partial charge >= 0.3 is 12.1 Å². The highest BCUT2D eigenvalue weighted by atomic mass is 35.5. The Hall–Kier alpha value is -3.14. The number of anilines is 1. The SMILES string of the molecule is O=C(Nc1cccnc1)C1CC12CCN(C(=O)c1ccc(Cl)cc1)C2.O=C(O)C(F)(F)F. The summed E-state index contributed by atoms with van der Waals surface area (Å²) in [4.78, 5) is 39.8. The molecule has 1 aliphatic carbocycles. The fourth-order valence-electron chi connectivity index (χ4n) is 3.68. The van der Waals surface area contributed by atoms with Crippen LogP contribution in [0.5, 0.6) is 0 Å². The minimum Gasteiger partial charge on any atom is -0.475 e. The molecule has 1 aliphatic heterocycles. The summed E-state index contributed by atoms with van der Waals surface area (Å²) >= 11 is 5.88. The van der Waals surface area contributed by atoms with Gasteiger partial charge in [-0.3, -0.25) is 14.6 Å². The zero-order chi connectivity index (χ0) is 23.5. The number of amides is 2. The number of halogens is 4. The van der Waals surface area contributed by atoms with Crippen LogP contribution in [0, 0.1) is 11.3 Å². The van der Waals surface area contributed by atoms with Crippen LogP contribution < -0.4 is 5.32 Å². The van der Waals surface area contributed by atoms with E-state index in [-0.39, 0.29) is 23.1 Å². The van der Waals surface area contributed by atoms with E-state index in [4.69, 9.17) is 21.5 Å². The first-order valence-electron chi connectivity index (χ1n) is 9.58. The lowest BCUT2D eigenvalue weighted by Gasteiger charge is -2.17. The van der Waals surface area contributed by atoms with E-state index in [1.54, 1.807) is 42.7 Å². The lowest BCUT2D eigenvalue weighted by Crippen LogP contribution is -2.29. The lowest BCUT2D eigenvalue weighted by molar-refractivity contribution is -0.192. The number of carboxylic acids is 1. The van der Waals surface area contributed by atoms with Crippen LogP contribution in [0.4, 0.5) is 18.9 Å².